The molecular weight excluding hydrogens is 536 g/mol. The molecule has 0 aliphatic rings. The van der Waals surface area contributed by atoms with Crippen molar-refractivity contribution >= 4 is 34.6 Å². The van der Waals surface area contributed by atoms with Crippen LogP contribution in [0.5, 0.6) is 5.75 Å². The third-order valence-corrected chi connectivity index (χ3v) is 6.97. The maximum absolute atomic E-state index is 13.7. The number of likely N-dealkylation sites (N-methyl/N-ethyl adjacent to an activating group) is 1. The minimum atomic E-state index is -1.14. The smallest absolute Gasteiger partial charge is 0.412 e. The van der Waals surface area contributed by atoms with E-state index >= 15 is 0 Å². The zero-order chi connectivity index (χ0) is 30.6. The van der Waals surface area contributed by atoms with E-state index in [4.69, 9.17) is 9.15 Å². The maximum atomic E-state index is 13.7. The average molecular weight is 573 g/mol. The Bertz CT molecular complexity index is 1630. The van der Waals surface area contributed by atoms with E-state index in [2.05, 4.69) is 10.3 Å². The first-order chi connectivity index (χ1) is 19.9. The lowest BCUT2D eigenvalue weighted by Crippen LogP contribution is -2.45. The zero-order valence-corrected chi connectivity index (χ0v) is 24.7. The van der Waals surface area contributed by atoms with Gasteiger partial charge in [0.2, 0.25) is 5.91 Å². The molecule has 2 amide bonds. The summed E-state index contributed by atoms with van der Waals surface area (Å²) in [6.07, 6.45) is -0.845. The summed E-state index contributed by atoms with van der Waals surface area (Å²) in [7, 11) is 3.30. The van der Waals surface area contributed by atoms with Crippen molar-refractivity contribution in [3.05, 3.63) is 93.8 Å². The second-order valence-electron chi connectivity index (χ2n) is 11.1. The second-order valence-corrected chi connectivity index (χ2v) is 11.1. The highest BCUT2D eigenvalue weighted by Gasteiger charge is 2.30. The van der Waals surface area contributed by atoms with Crippen molar-refractivity contribution < 1.29 is 23.8 Å². The summed E-state index contributed by atoms with van der Waals surface area (Å²) in [6.45, 7) is 7.37. The van der Waals surface area contributed by atoms with E-state index in [0.29, 0.717) is 35.5 Å². The number of ether oxygens (including phenoxy) is 1. The van der Waals surface area contributed by atoms with E-state index in [1.54, 1.807) is 58.9 Å². The summed E-state index contributed by atoms with van der Waals surface area (Å²) in [5.41, 5.74) is 1.54. The van der Waals surface area contributed by atoms with Crippen LogP contribution in [-0.4, -0.2) is 52.7 Å². The molecule has 10 heteroatoms. The predicted molar refractivity (Wildman–Crippen MR) is 162 cm³/mol. The molecule has 0 saturated carbocycles. The van der Waals surface area contributed by atoms with Gasteiger partial charge in [0.25, 0.3) is 6.01 Å². The Morgan fingerprint density at radius 2 is 1.69 bits per heavy atom. The number of benzene rings is 3. The molecule has 0 fully saturated rings. The lowest BCUT2D eigenvalue weighted by molar-refractivity contribution is -0.131. The third-order valence-electron chi connectivity index (χ3n) is 6.97. The Kier molecular flexibility index (Phi) is 8.84. The number of hydrogen-bond acceptors (Lipinski definition) is 7. The largest absolute Gasteiger partial charge is 0.497 e. The molecule has 10 nitrogen and oxygen atoms in total. The van der Waals surface area contributed by atoms with Crippen molar-refractivity contribution in [3.63, 3.8) is 0 Å². The van der Waals surface area contributed by atoms with E-state index in [1.807, 2.05) is 54.6 Å². The van der Waals surface area contributed by atoms with Gasteiger partial charge in [-0.3, -0.25) is 9.69 Å². The fraction of sp³-hybridized carbons (Fsp3) is 0.312. The van der Waals surface area contributed by atoms with Crippen LogP contribution in [0.2, 0.25) is 0 Å². The molecule has 4 rings (SSSR count). The van der Waals surface area contributed by atoms with Crippen LogP contribution in [0.4, 0.5) is 16.5 Å². The normalized spacial score (nSPS) is 12.0. The number of carboxylic acid groups (broad SMARTS) is 1. The highest BCUT2D eigenvalue weighted by molar-refractivity contribution is 5.95. The molecule has 0 aliphatic carbocycles. The number of fused-ring (bicyclic) bond motifs is 1. The Morgan fingerprint density at radius 1 is 1.02 bits per heavy atom. The number of anilines is 2. The highest BCUT2D eigenvalue weighted by atomic mass is 16.5. The number of rotatable bonds is 9. The van der Waals surface area contributed by atoms with Crippen LogP contribution in [0, 0.1) is 6.92 Å². The number of carbonyl (C=O) groups is 2. The number of aryl methyl sites for hydroxylation is 1. The summed E-state index contributed by atoms with van der Waals surface area (Å²) in [5.74, 6) is 0.480. The van der Waals surface area contributed by atoms with Gasteiger partial charge in [-0.15, -0.1) is 0 Å². The van der Waals surface area contributed by atoms with E-state index in [9.17, 15) is 19.5 Å². The first-order valence-electron chi connectivity index (χ1n) is 13.5. The lowest BCUT2D eigenvalue weighted by Gasteiger charge is -2.34. The Hall–Kier alpha value is -4.86. The van der Waals surface area contributed by atoms with Crippen molar-refractivity contribution in [1.29, 1.82) is 0 Å². The molecule has 220 valence electrons. The SMILES string of the molecule is COc1ccc(C[C@H](Nc2nc3ccc(N(C(=O)O)C(C)(C)C)c(C)c3c(=O)o2)C(=O)N(C)Cc2ccccc2)cc1. The van der Waals surface area contributed by atoms with Gasteiger partial charge in [-0.05, 0) is 68.7 Å². The minimum absolute atomic E-state index is 0.106. The predicted octanol–water partition coefficient (Wildman–Crippen LogP) is 5.47. The number of aromatic nitrogens is 1. The molecule has 0 radical (unpaired) electrons. The molecule has 4 aromatic rings. The fourth-order valence-electron chi connectivity index (χ4n) is 4.91. The summed E-state index contributed by atoms with van der Waals surface area (Å²) >= 11 is 0. The molecule has 1 heterocycles. The standard InChI is InChI=1S/C32H36N4O6/c1-20-26(36(31(39)40)32(2,3)4)17-16-24-27(20)29(38)42-30(33-24)34-25(18-21-12-14-23(41-6)15-13-21)28(37)35(5)19-22-10-8-7-9-11-22/h7-17,25H,18-19H2,1-6H3,(H,33,34)(H,39,40)/t25-/m0/s1. The summed E-state index contributed by atoms with van der Waals surface area (Å²) < 4.78 is 10.8. The van der Waals surface area contributed by atoms with Crippen LogP contribution in [0.3, 0.4) is 0 Å². The lowest BCUT2D eigenvalue weighted by atomic mass is 10.0. The molecule has 1 atom stereocenters. The average Bonchev–Trinajstić information content (AvgIpc) is 2.93. The number of carbonyl (C=O) groups excluding carboxylic acids is 1. The van der Waals surface area contributed by atoms with Crippen LogP contribution in [0.1, 0.15) is 37.5 Å². The fourth-order valence-corrected chi connectivity index (χ4v) is 4.91. The molecule has 1 aromatic heterocycles. The first-order valence-corrected chi connectivity index (χ1v) is 13.5. The minimum Gasteiger partial charge on any atom is -0.497 e. The highest BCUT2D eigenvalue weighted by Crippen LogP contribution is 2.31. The summed E-state index contributed by atoms with van der Waals surface area (Å²) in [5, 5.41) is 13.1. The van der Waals surface area contributed by atoms with Gasteiger partial charge in [-0.2, -0.15) is 4.98 Å². The van der Waals surface area contributed by atoms with Gasteiger partial charge in [0.05, 0.1) is 23.7 Å². The van der Waals surface area contributed by atoms with Crippen molar-refractivity contribution in [3.8, 4) is 5.75 Å². The molecule has 0 aliphatic heterocycles. The van der Waals surface area contributed by atoms with Gasteiger partial charge >= 0.3 is 11.7 Å². The van der Waals surface area contributed by atoms with Crippen LogP contribution in [-0.2, 0) is 17.8 Å². The second kappa shape index (κ2) is 12.3. The molecule has 2 N–H and O–H groups in total. The van der Waals surface area contributed by atoms with Gasteiger partial charge in [-0.1, -0.05) is 42.5 Å². The molecular formula is C32H36N4O6. The maximum Gasteiger partial charge on any atom is 0.412 e. The number of hydrogen-bond donors (Lipinski definition) is 2. The van der Waals surface area contributed by atoms with Gasteiger partial charge in [0, 0.05) is 25.6 Å². The zero-order valence-electron chi connectivity index (χ0n) is 24.7. The van der Waals surface area contributed by atoms with Crippen LogP contribution in [0.15, 0.2) is 75.9 Å². The monoisotopic (exact) mass is 572 g/mol. The number of nitrogens with zero attached hydrogens (tertiary/aromatic N) is 3. The van der Waals surface area contributed by atoms with Gasteiger partial charge in [0.15, 0.2) is 0 Å². The molecule has 0 saturated heterocycles. The van der Waals surface area contributed by atoms with Gasteiger partial charge < -0.3 is 24.5 Å². The van der Waals surface area contributed by atoms with E-state index in [1.165, 1.54) is 4.90 Å². The molecule has 42 heavy (non-hydrogen) atoms. The summed E-state index contributed by atoms with van der Waals surface area (Å²) in [4.78, 5) is 46.3. The molecule has 3 aromatic carbocycles. The van der Waals surface area contributed by atoms with Gasteiger partial charge in [-0.25, -0.2) is 9.59 Å². The van der Waals surface area contributed by atoms with Crippen LogP contribution in [0.25, 0.3) is 10.9 Å². The van der Waals surface area contributed by atoms with E-state index in [0.717, 1.165) is 11.1 Å². The van der Waals surface area contributed by atoms with Crippen LogP contribution < -0.4 is 20.6 Å². The van der Waals surface area contributed by atoms with E-state index < -0.39 is 23.3 Å². The van der Waals surface area contributed by atoms with Crippen molar-refractivity contribution in [2.45, 2.75) is 52.2 Å². The van der Waals surface area contributed by atoms with Crippen LogP contribution >= 0.6 is 0 Å². The molecule has 0 spiro atoms. The van der Waals surface area contributed by atoms with Crippen molar-refractivity contribution in [2.24, 2.45) is 0 Å². The quantitative estimate of drug-likeness (QED) is 0.271. The third kappa shape index (κ3) is 6.71. The summed E-state index contributed by atoms with van der Waals surface area (Å²) in [6, 6.07) is 19.3. The Morgan fingerprint density at radius 3 is 2.29 bits per heavy atom. The van der Waals surface area contributed by atoms with Gasteiger partial charge in [0.1, 0.15) is 11.8 Å². The van der Waals surface area contributed by atoms with Crippen molar-refractivity contribution in [2.75, 3.05) is 24.4 Å². The molecule has 0 unspecified atom stereocenters. The van der Waals surface area contributed by atoms with E-state index in [-0.39, 0.29) is 17.3 Å². The number of nitrogens with one attached hydrogen (secondary N) is 1. The number of amides is 2. The van der Waals surface area contributed by atoms with Crippen molar-refractivity contribution in [1.82, 2.24) is 9.88 Å². The molecule has 0 bridgehead atoms. The first kappa shape index (κ1) is 30.1. The topological polar surface area (TPSA) is 125 Å². The number of methoxy groups -OCH3 is 1. The Balaban J connectivity index is 1.69. The Labute approximate surface area is 244 Å².